The Kier molecular flexibility index (Phi) is 6.09. The average molecular weight is 242 g/mol. The number of esters is 1. The second-order valence-electron chi connectivity index (χ2n) is 3.23. The smallest absolute Gasteiger partial charge is 0.345 e. The van der Waals surface area contributed by atoms with Crippen LogP contribution in [0.2, 0.25) is 0 Å². The molecule has 1 aromatic rings. The van der Waals surface area contributed by atoms with E-state index in [9.17, 15) is 4.79 Å². The van der Waals surface area contributed by atoms with Crippen molar-refractivity contribution in [2.45, 2.75) is 20.3 Å². The molecular formula is C11H18N2O4. The Balaban J connectivity index is 2.38. The molecule has 96 valence electrons. The average Bonchev–Trinajstić information content (AvgIpc) is 2.77. The Morgan fingerprint density at radius 2 is 2.18 bits per heavy atom. The van der Waals surface area contributed by atoms with Crippen LogP contribution >= 0.6 is 0 Å². The summed E-state index contributed by atoms with van der Waals surface area (Å²) in [5.74, 6) is -0.0824. The lowest BCUT2D eigenvalue weighted by Gasteiger charge is -2.06. The Bertz CT molecular complexity index is 338. The summed E-state index contributed by atoms with van der Waals surface area (Å²) in [6.07, 6.45) is 2.16. The maximum atomic E-state index is 11.5. The SMILES string of the molecule is CCOCCCOc1[nH]ncc1C(=O)OCC. The first kappa shape index (κ1) is 13.5. The van der Waals surface area contributed by atoms with Gasteiger partial charge in [-0.25, -0.2) is 9.89 Å². The second kappa shape index (κ2) is 7.67. The van der Waals surface area contributed by atoms with E-state index < -0.39 is 5.97 Å². The van der Waals surface area contributed by atoms with Crippen LogP contribution in [0.25, 0.3) is 0 Å². The highest BCUT2D eigenvalue weighted by Gasteiger charge is 2.15. The highest BCUT2D eigenvalue weighted by molar-refractivity contribution is 5.91. The number of nitrogens with one attached hydrogen (secondary N) is 1. The number of hydrogen-bond acceptors (Lipinski definition) is 5. The molecule has 1 heterocycles. The maximum absolute atomic E-state index is 11.5. The molecule has 0 saturated carbocycles. The number of carbonyl (C=O) groups excluding carboxylic acids is 1. The van der Waals surface area contributed by atoms with Gasteiger partial charge in [0.25, 0.3) is 0 Å². The van der Waals surface area contributed by atoms with Gasteiger partial charge in [-0.15, -0.1) is 0 Å². The summed E-state index contributed by atoms with van der Waals surface area (Å²) in [7, 11) is 0. The van der Waals surface area contributed by atoms with Crippen molar-refractivity contribution in [2.75, 3.05) is 26.4 Å². The van der Waals surface area contributed by atoms with Crippen LogP contribution in [-0.2, 0) is 9.47 Å². The van der Waals surface area contributed by atoms with Crippen molar-refractivity contribution in [3.8, 4) is 5.88 Å². The van der Waals surface area contributed by atoms with Crippen LogP contribution in [0.3, 0.4) is 0 Å². The topological polar surface area (TPSA) is 73.4 Å². The molecule has 0 saturated heterocycles. The van der Waals surface area contributed by atoms with E-state index in [2.05, 4.69) is 10.2 Å². The number of hydrogen-bond donors (Lipinski definition) is 1. The van der Waals surface area contributed by atoms with E-state index in [1.165, 1.54) is 6.20 Å². The zero-order chi connectivity index (χ0) is 12.5. The minimum Gasteiger partial charge on any atom is -0.477 e. The van der Waals surface area contributed by atoms with Crippen molar-refractivity contribution in [1.82, 2.24) is 10.2 Å². The highest BCUT2D eigenvalue weighted by Crippen LogP contribution is 2.15. The van der Waals surface area contributed by atoms with E-state index in [-0.39, 0.29) is 0 Å². The largest absolute Gasteiger partial charge is 0.477 e. The quantitative estimate of drug-likeness (QED) is 0.551. The second-order valence-corrected chi connectivity index (χ2v) is 3.23. The lowest BCUT2D eigenvalue weighted by Crippen LogP contribution is -2.08. The van der Waals surface area contributed by atoms with Gasteiger partial charge >= 0.3 is 5.97 Å². The predicted octanol–water partition coefficient (Wildman–Crippen LogP) is 1.39. The predicted molar refractivity (Wildman–Crippen MR) is 61.1 cm³/mol. The van der Waals surface area contributed by atoms with Gasteiger partial charge in [0.15, 0.2) is 0 Å². The molecule has 0 radical (unpaired) electrons. The molecule has 1 aromatic heterocycles. The first-order valence-corrected chi connectivity index (χ1v) is 5.70. The molecule has 0 bridgehead atoms. The van der Waals surface area contributed by atoms with E-state index >= 15 is 0 Å². The van der Waals surface area contributed by atoms with E-state index in [1.807, 2.05) is 6.92 Å². The van der Waals surface area contributed by atoms with Gasteiger partial charge in [0, 0.05) is 19.6 Å². The van der Waals surface area contributed by atoms with Crippen LogP contribution < -0.4 is 4.74 Å². The first-order chi connectivity index (χ1) is 8.29. The lowest BCUT2D eigenvalue weighted by molar-refractivity contribution is 0.0521. The summed E-state index contributed by atoms with van der Waals surface area (Å²) < 4.78 is 15.4. The molecule has 0 aromatic carbocycles. The van der Waals surface area contributed by atoms with Gasteiger partial charge in [-0.3, -0.25) is 0 Å². The van der Waals surface area contributed by atoms with Crippen LogP contribution in [-0.4, -0.2) is 42.6 Å². The zero-order valence-electron chi connectivity index (χ0n) is 10.2. The standard InChI is InChI=1S/C11H18N2O4/c1-3-15-6-5-7-17-10-9(8-12-13-10)11(14)16-4-2/h8H,3-7H2,1-2H3,(H,12,13). The molecule has 17 heavy (non-hydrogen) atoms. The third-order valence-corrected chi connectivity index (χ3v) is 1.98. The summed E-state index contributed by atoms with van der Waals surface area (Å²) in [6, 6.07) is 0. The molecule has 1 N–H and O–H groups in total. The van der Waals surface area contributed by atoms with Crippen molar-refractivity contribution >= 4 is 5.97 Å². The van der Waals surface area contributed by atoms with Crippen LogP contribution in [0.15, 0.2) is 6.20 Å². The van der Waals surface area contributed by atoms with E-state index in [0.717, 1.165) is 6.42 Å². The summed E-state index contributed by atoms with van der Waals surface area (Å²) in [4.78, 5) is 11.5. The fourth-order valence-corrected chi connectivity index (χ4v) is 1.22. The molecule has 0 aliphatic rings. The molecule has 0 spiro atoms. The van der Waals surface area contributed by atoms with Gasteiger partial charge in [-0.2, -0.15) is 5.10 Å². The monoisotopic (exact) mass is 242 g/mol. The van der Waals surface area contributed by atoms with E-state index in [1.54, 1.807) is 6.92 Å². The number of nitrogens with zero attached hydrogens (tertiary/aromatic N) is 1. The molecule has 6 nitrogen and oxygen atoms in total. The number of aromatic amines is 1. The van der Waals surface area contributed by atoms with Crippen LogP contribution in [0.4, 0.5) is 0 Å². The van der Waals surface area contributed by atoms with Gasteiger partial charge in [-0.05, 0) is 13.8 Å². The highest BCUT2D eigenvalue weighted by atomic mass is 16.5. The van der Waals surface area contributed by atoms with Crippen LogP contribution in [0.5, 0.6) is 5.88 Å². The summed E-state index contributed by atoms with van der Waals surface area (Å²) >= 11 is 0. The fourth-order valence-electron chi connectivity index (χ4n) is 1.22. The summed E-state index contributed by atoms with van der Waals surface area (Å²) in [5.41, 5.74) is 0.322. The van der Waals surface area contributed by atoms with Gasteiger partial charge < -0.3 is 14.2 Å². The minimum absolute atomic E-state index is 0.322. The Morgan fingerprint density at radius 1 is 1.35 bits per heavy atom. The third-order valence-electron chi connectivity index (χ3n) is 1.98. The maximum Gasteiger partial charge on any atom is 0.345 e. The number of H-pyrrole nitrogens is 1. The fraction of sp³-hybridized carbons (Fsp3) is 0.636. The molecule has 0 unspecified atom stereocenters. The van der Waals surface area contributed by atoms with E-state index in [0.29, 0.717) is 37.9 Å². The van der Waals surface area contributed by atoms with Crippen LogP contribution in [0, 0.1) is 0 Å². The molecule has 0 atom stereocenters. The Morgan fingerprint density at radius 3 is 2.88 bits per heavy atom. The molecule has 0 amide bonds. The zero-order valence-corrected chi connectivity index (χ0v) is 10.2. The van der Waals surface area contributed by atoms with Gasteiger partial charge in [0.1, 0.15) is 5.56 Å². The summed E-state index contributed by atoms with van der Waals surface area (Å²) in [5, 5.41) is 6.38. The molecule has 0 fully saturated rings. The van der Waals surface area contributed by atoms with Crippen molar-refractivity contribution in [1.29, 1.82) is 0 Å². The van der Waals surface area contributed by atoms with Crippen LogP contribution in [0.1, 0.15) is 30.6 Å². The van der Waals surface area contributed by atoms with Gasteiger partial charge in [0.05, 0.1) is 19.4 Å². The molecule has 6 heteroatoms. The number of ether oxygens (including phenoxy) is 3. The van der Waals surface area contributed by atoms with Gasteiger partial charge in [0.2, 0.25) is 5.88 Å². The normalized spacial score (nSPS) is 10.2. The summed E-state index contributed by atoms with van der Waals surface area (Å²) in [6.45, 7) is 5.81. The van der Waals surface area contributed by atoms with Gasteiger partial charge in [-0.1, -0.05) is 0 Å². The number of aromatic nitrogens is 2. The molecule has 0 aliphatic carbocycles. The Hall–Kier alpha value is -1.56. The van der Waals surface area contributed by atoms with Crippen molar-refractivity contribution in [3.05, 3.63) is 11.8 Å². The minimum atomic E-state index is -0.430. The molecular weight excluding hydrogens is 224 g/mol. The lowest BCUT2D eigenvalue weighted by atomic mass is 10.3. The molecule has 1 rings (SSSR count). The first-order valence-electron chi connectivity index (χ1n) is 5.70. The number of rotatable bonds is 8. The van der Waals surface area contributed by atoms with Crippen molar-refractivity contribution in [3.63, 3.8) is 0 Å². The third kappa shape index (κ3) is 4.44. The van der Waals surface area contributed by atoms with Crippen molar-refractivity contribution in [2.24, 2.45) is 0 Å². The van der Waals surface area contributed by atoms with E-state index in [4.69, 9.17) is 14.2 Å². The number of carbonyl (C=O) groups is 1. The van der Waals surface area contributed by atoms with Crippen molar-refractivity contribution < 1.29 is 19.0 Å². The molecule has 0 aliphatic heterocycles. The Labute approximate surface area is 100 Å².